The Morgan fingerprint density at radius 2 is 2.25 bits per heavy atom. The molecule has 2 heterocycles. The van der Waals surface area contributed by atoms with Crippen LogP contribution in [0.1, 0.15) is 6.92 Å². The molecule has 0 saturated carbocycles. The molecule has 0 fully saturated rings. The van der Waals surface area contributed by atoms with Crippen LogP contribution in [0, 0.1) is 0 Å². The summed E-state index contributed by atoms with van der Waals surface area (Å²) in [6.07, 6.45) is 0. The summed E-state index contributed by atoms with van der Waals surface area (Å²) in [4.78, 5) is 19.5. The molecule has 1 N–H and O–H groups in total. The lowest BCUT2D eigenvalue weighted by atomic mass is 10.3. The third kappa shape index (κ3) is 3.11. The van der Waals surface area contributed by atoms with Gasteiger partial charge in [0.15, 0.2) is 10.8 Å². The highest BCUT2D eigenvalue weighted by Crippen LogP contribution is 2.25. The van der Waals surface area contributed by atoms with Crippen LogP contribution in [0.4, 0.5) is 0 Å². The Labute approximate surface area is 120 Å². The van der Waals surface area contributed by atoms with Crippen molar-refractivity contribution in [2.45, 2.75) is 18.6 Å². The monoisotopic (exact) mass is 293 g/mol. The van der Waals surface area contributed by atoms with E-state index in [0.29, 0.717) is 28.7 Å². The largest absolute Gasteiger partial charge is 0.481 e. The van der Waals surface area contributed by atoms with E-state index in [1.165, 1.54) is 11.8 Å². The number of imidazole rings is 1. The minimum absolute atomic E-state index is 0.0450. The van der Waals surface area contributed by atoms with Gasteiger partial charge in [0.25, 0.3) is 0 Å². The Kier molecular flexibility index (Phi) is 4.29. The number of ether oxygens (including phenoxy) is 1. The van der Waals surface area contributed by atoms with Crippen LogP contribution in [0.2, 0.25) is 0 Å². The van der Waals surface area contributed by atoms with Crippen molar-refractivity contribution in [3.8, 4) is 5.88 Å². The molecule has 2 aromatic heterocycles. The molecule has 0 aliphatic rings. The van der Waals surface area contributed by atoms with Gasteiger partial charge in [0.05, 0.1) is 12.9 Å². The number of fused-ring (bicyclic) bond motifs is 1. The zero-order chi connectivity index (χ0) is 14.7. The third-order valence-electron chi connectivity index (χ3n) is 2.49. The number of hydrogen-bond acceptors (Lipinski definition) is 5. The van der Waals surface area contributed by atoms with Crippen molar-refractivity contribution >= 4 is 28.9 Å². The molecule has 0 unspecified atom stereocenters. The van der Waals surface area contributed by atoms with Gasteiger partial charge in [0, 0.05) is 12.6 Å². The summed E-state index contributed by atoms with van der Waals surface area (Å²) in [5.41, 5.74) is 2.31. The summed E-state index contributed by atoms with van der Waals surface area (Å²) in [6, 6.07) is 3.53. The second kappa shape index (κ2) is 5.96. The van der Waals surface area contributed by atoms with Crippen molar-refractivity contribution in [3.63, 3.8) is 0 Å². The van der Waals surface area contributed by atoms with Gasteiger partial charge >= 0.3 is 5.97 Å². The number of aromatic nitrogens is 3. The van der Waals surface area contributed by atoms with Gasteiger partial charge < -0.3 is 9.84 Å². The summed E-state index contributed by atoms with van der Waals surface area (Å²) >= 11 is 1.17. The average molecular weight is 293 g/mol. The van der Waals surface area contributed by atoms with E-state index in [2.05, 4.69) is 16.5 Å². The highest BCUT2D eigenvalue weighted by molar-refractivity contribution is 7.99. The van der Waals surface area contributed by atoms with Gasteiger partial charge in [-0.2, -0.15) is 4.98 Å². The lowest BCUT2D eigenvalue weighted by Gasteiger charge is -2.07. The first kappa shape index (κ1) is 14.4. The van der Waals surface area contributed by atoms with Gasteiger partial charge in [-0.25, -0.2) is 4.98 Å². The Morgan fingerprint density at radius 3 is 2.85 bits per heavy atom. The average Bonchev–Trinajstić information content (AvgIpc) is 2.73. The van der Waals surface area contributed by atoms with Crippen LogP contribution in [0.3, 0.4) is 0 Å². The number of pyridine rings is 1. The fraction of sp³-hybridized carbons (Fsp3) is 0.308. The minimum Gasteiger partial charge on any atom is -0.481 e. The second-order valence-electron chi connectivity index (χ2n) is 4.32. The molecule has 7 heteroatoms. The summed E-state index contributed by atoms with van der Waals surface area (Å²) in [7, 11) is 1.55. The molecule has 0 aliphatic heterocycles. The molecule has 0 radical (unpaired) electrons. The van der Waals surface area contributed by atoms with E-state index in [1.807, 2.05) is 11.5 Å². The minimum atomic E-state index is -0.880. The SMILES string of the molecule is C=C(C)Cn1c(SCC(=O)O)nc2ccc(OC)nc21. The number of aliphatic carboxylic acids is 1. The van der Waals surface area contributed by atoms with Gasteiger partial charge in [0.1, 0.15) is 5.52 Å². The molecule has 2 rings (SSSR count). The molecule has 0 bridgehead atoms. The van der Waals surface area contributed by atoms with E-state index in [0.717, 1.165) is 5.57 Å². The summed E-state index contributed by atoms with van der Waals surface area (Å²) in [5.74, 6) is -0.430. The fourth-order valence-corrected chi connectivity index (χ4v) is 2.45. The van der Waals surface area contributed by atoms with E-state index < -0.39 is 5.97 Å². The van der Waals surface area contributed by atoms with E-state index in [-0.39, 0.29) is 5.75 Å². The van der Waals surface area contributed by atoms with E-state index in [1.54, 1.807) is 19.2 Å². The van der Waals surface area contributed by atoms with Crippen LogP contribution >= 0.6 is 11.8 Å². The normalized spacial score (nSPS) is 10.7. The summed E-state index contributed by atoms with van der Waals surface area (Å²) in [5, 5.41) is 9.41. The predicted molar refractivity (Wildman–Crippen MR) is 77.3 cm³/mol. The van der Waals surface area contributed by atoms with Gasteiger partial charge in [-0.1, -0.05) is 23.9 Å². The molecule has 0 saturated heterocycles. The number of methoxy groups -OCH3 is 1. The van der Waals surface area contributed by atoms with Crippen molar-refractivity contribution in [3.05, 3.63) is 24.3 Å². The Bertz CT molecular complexity index is 666. The van der Waals surface area contributed by atoms with Crippen molar-refractivity contribution in [2.24, 2.45) is 0 Å². The summed E-state index contributed by atoms with van der Waals surface area (Å²) < 4.78 is 6.97. The second-order valence-corrected chi connectivity index (χ2v) is 5.26. The maximum atomic E-state index is 10.7. The molecule has 0 aromatic carbocycles. The van der Waals surface area contributed by atoms with E-state index >= 15 is 0 Å². The zero-order valence-corrected chi connectivity index (χ0v) is 12.1. The number of nitrogens with zero attached hydrogens (tertiary/aromatic N) is 3. The quantitative estimate of drug-likeness (QED) is 0.650. The lowest BCUT2D eigenvalue weighted by Crippen LogP contribution is -2.04. The van der Waals surface area contributed by atoms with Crippen LogP contribution in [0.5, 0.6) is 5.88 Å². The standard InChI is InChI=1S/C13H15N3O3S/c1-8(2)6-16-12-9(4-5-10(15-12)19-3)14-13(16)20-7-11(17)18/h4-5H,1,6-7H2,2-3H3,(H,17,18). The molecule has 0 spiro atoms. The Balaban J connectivity index is 2.48. The first-order valence-corrected chi connectivity index (χ1v) is 6.90. The first-order valence-electron chi connectivity index (χ1n) is 5.91. The van der Waals surface area contributed by atoms with Crippen LogP contribution in [0.25, 0.3) is 11.2 Å². The molecular weight excluding hydrogens is 278 g/mol. The number of rotatable bonds is 6. The summed E-state index contributed by atoms with van der Waals surface area (Å²) in [6.45, 7) is 6.32. The molecule has 2 aromatic rings. The molecular formula is C13H15N3O3S. The van der Waals surface area contributed by atoms with Gasteiger partial charge in [-0.05, 0) is 13.0 Å². The number of thioether (sulfide) groups is 1. The smallest absolute Gasteiger partial charge is 0.313 e. The highest BCUT2D eigenvalue weighted by atomic mass is 32.2. The maximum Gasteiger partial charge on any atom is 0.313 e. The number of allylic oxidation sites excluding steroid dienone is 1. The van der Waals surface area contributed by atoms with Crippen LogP contribution in [-0.4, -0.2) is 38.5 Å². The number of hydrogen-bond donors (Lipinski definition) is 1. The van der Waals surface area contributed by atoms with Crippen LogP contribution < -0.4 is 4.74 Å². The van der Waals surface area contributed by atoms with Gasteiger partial charge in [-0.15, -0.1) is 0 Å². The number of carboxylic acids is 1. The van der Waals surface area contributed by atoms with Crippen molar-refractivity contribution in [2.75, 3.05) is 12.9 Å². The van der Waals surface area contributed by atoms with Crippen molar-refractivity contribution < 1.29 is 14.6 Å². The van der Waals surface area contributed by atoms with Crippen LogP contribution in [-0.2, 0) is 11.3 Å². The molecule has 0 amide bonds. The maximum absolute atomic E-state index is 10.7. The fourth-order valence-electron chi connectivity index (χ4n) is 1.73. The Morgan fingerprint density at radius 1 is 1.50 bits per heavy atom. The Hall–Kier alpha value is -2.02. The highest BCUT2D eigenvalue weighted by Gasteiger charge is 2.14. The zero-order valence-electron chi connectivity index (χ0n) is 11.3. The predicted octanol–water partition coefficient (Wildman–Crippen LogP) is 2.19. The molecule has 0 aliphatic carbocycles. The molecule has 106 valence electrons. The third-order valence-corrected chi connectivity index (χ3v) is 3.45. The lowest BCUT2D eigenvalue weighted by molar-refractivity contribution is -0.133. The van der Waals surface area contributed by atoms with Gasteiger partial charge in [0.2, 0.25) is 5.88 Å². The van der Waals surface area contributed by atoms with Crippen molar-refractivity contribution in [1.29, 1.82) is 0 Å². The molecule has 6 nitrogen and oxygen atoms in total. The number of carbonyl (C=O) groups is 1. The molecule has 0 atom stereocenters. The van der Waals surface area contributed by atoms with E-state index in [4.69, 9.17) is 9.84 Å². The molecule has 20 heavy (non-hydrogen) atoms. The van der Waals surface area contributed by atoms with E-state index in [9.17, 15) is 4.79 Å². The van der Waals surface area contributed by atoms with Crippen molar-refractivity contribution in [1.82, 2.24) is 14.5 Å². The van der Waals surface area contributed by atoms with Gasteiger partial charge in [-0.3, -0.25) is 9.36 Å². The number of carboxylic acid groups (broad SMARTS) is 1. The first-order chi connectivity index (χ1) is 9.51. The van der Waals surface area contributed by atoms with Crippen LogP contribution in [0.15, 0.2) is 29.4 Å². The topological polar surface area (TPSA) is 77.2 Å².